The zero-order chi connectivity index (χ0) is 49.3. The summed E-state index contributed by atoms with van der Waals surface area (Å²) in [6.07, 6.45) is 71.7. The van der Waals surface area contributed by atoms with E-state index in [1.165, 1.54) is 141 Å². The van der Waals surface area contributed by atoms with Crippen LogP contribution in [0.1, 0.15) is 284 Å². The minimum Gasteiger partial charge on any atom is -0.462 e. The Morgan fingerprint density at radius 2 is 0.529 bits per heavy atom. The van der Waals surface area contributed by atoms with Gasteiger partial charge in [-0.2, -0.15) is 0 Å². The lowest BCUT2D eigenvalue weighted by molar-refractivity contribution is -0.167. The molecule has 0 aliphatic heterocycles. The van der Waals surface area contributed by atoms with Crippen LogP contribution in [0.3, 0.4) is 0 Å². The Morgan fingerprint density at radius 1 is 0.294 bits per heavy atom. The smallest absolute Gasteiger partial charge is 0.306 e. The molecule has 0 fully saturated rings. The van der Waals surface area contributed by atoms with Gasteiger partial charge in [0.2, 0.25) is 0 Å². The highest BCUT2D eigenvalue weighted by atomic mass is 16.6. The van der Waals surface area contributed by atoms with Crippen molar-refractivity contribution in [2.45, 2.75) is 290 Å². The second-order valence-corrected chi connectivity index (χ2v) is 19.2. The van der Waals surface area contributed by atoms with Gasteiger partial charge in [-0.25, -0.2) is 0 Å². The Hall–Kier alpha value is -3.15. The number of esters is 3. The van der Waals surface area contributed by atoms with Crippen molar-refractivity contribution >= 4 is 17.9 Å². The predicted molar refractivity (Wildman–Crippen MR) is 293 cm³/mol. The van der Waals surface area contributed by atoms with Crippen LogP contribution < -0.4 is 0 Å². The van der Waals surface area contributed by atoms with Crippen LogP contribution in [0.25, 0.3) is 0 Å². The van der Waals surface area contributed by atoms with E-state index in [1.54, 1.807) is 0 Å². The zero-order valence-corrected chi connectivity index (χ0v) is 44.9. The molecular formula is C62H108O6. The van der Waals surface area contributed by atoms with E-state index < -0.39 is 6.10 Å². The van der Waals surface area contributed by atoms with Gasteiger partial charge in [0, 0.05) is 19.3 Å². The number of hydrogen-bond donors (Lipinski definition) is 0. The Kier molecular flexibility index (Phi) is 53.8. The SMILES string of the molecule is CCCCC/C=C\C/C=C\C/C=C\CCCCCCCCC(=O)OC(COC(=O)CCCCCCCC/C=C\C/C=C\C/C=C\CCCCCCC)COC(=O)CCCCCCCCCCCC. The molecule has 0 N–H and O–H groups in total. The van der Waals surface area contributed by atoms with E-state index in [4.69, 9.17) is 14.2 Å². The van der Waals surface area contributed by atoms with Gasteiger partial charge >= 0.3 is 17.9 Å². The molecule has 6 nitrogen and oxygen atoms in total. The van der Waals surface area contributed by atoms with Crippen molar-refractivity contribution < 1.29 is 28.6 Å². The minimum atomic E-state index is -0.786. The molecule has 1 atom stereocenters. The summed E-state index contributed by atoms with van der Waals surface area (Å²) in [5.74, 6) is -0.904. The summed E-state index contributed by atoms with van der Waals surface area (Å²) < 4.78 is 16.8. The Morgan fingerprint density at radius 3 is 0.853 bits per heavy atom. The molecule has 0 aliphatic rings. The van der Waals surface area contributed by atoms with Crippen LogP contribution in [0.4, 0.5) is 0 Å². The summed E-state index contributed by atoms with van der Waals surface area (Å²) in [6, 6.07) is 0. The number of allylic oxidation sites excluding steroid dienone is 12. The molecule has 6 heteroatoms. The highest BCUT2D eigenvalue weighted by Crippen LogP contribution is 2.15. The fourth-order valence-corrected chi connectivity index (χ4v) is 8.04. The molecule has 0 aromatic carbocycles. The lowest BCUT2D eigenvalue weighted by Gasteiger charge is -2.18. The van der Waals surface area contributed by atoms with Gasteiger partial charge in [-0.05, 0) is 96.3 Å². The lowest BCUT2D eigenvalue weighted by atomic mass is 10.1. The summed E-state index contributed by atoms with van der Waals surface area (Å²) in [5, 5.41) is 0. The van der Waals surface area contributed by atoms with Gasteiger partial charge in [0.1, 0.15) is 13.2 Å². The molecule has 392 valence electrons. The van der Waals surface area contributed by atoms with E-state index in [2.05, 4.69) is 93.7 Å². The first kappa shape index (κ1) is 64.8. The van der Waals surface area contributed by atoms with E-state index in [0.717, 1.165) is 103 Å². The van der Waals surface area contributed by atoms with E-state index in [-0.39, 0.29) is 31.1 Å². The molecule has 0 saturated heterocycles. The van der Waals surface area contributed by atoms with Crippen LogP contribution in [0.2, 0.25) is 0 Å². The average Bonchev–Trinajstić information content (AvgIpc) is 3.34. The maximum Gasteiger partial charge on any atom is 0.306 e. The molecule has 68 heavy (non-hydrogen) atoms. The van der Waals surface area contributed by atoms with Crippen molar-refractivity contribution in [3.05, 3.63) is 72.9 Å². The van der Waals surface area contributed by atoms with E-state index in [9.17, 15) is 14.4 Å². The van der Waals surface area contributed by atoms with Crippen LogP contribution >= 0.6 is 0 Å². The van der Waals surface area contributed by atoms with Crippen LogP contribution in [0.5, 0.6) is 0 Å². The lowest BCUT2D eigenvalue weighted by Crippen LogP contribution is -2.30. The second kappa shape index (κ2) is 56.4. The third kappa shape index (κ3) is 53.8. The third-order valence-electron chi connectivity index (χ3n) is 12.4. The van der Waals surface area contributed by atoms with Gasteiger partial charge in [0.05, 0.1) is 0 Å². The zero-order valence-electron chi connectivity index (χ0n) is 44.9. The Balaban J connectivity index is 4.36. The summed E-state index contributed by atoms with van der Waals surface area (Å²) >= 11 is 0. The van der Waals surface area contributed by atoms with Gasteiger partial charge in [0.15, 0.2) is 6.10 Å². The number of unbranched alkanes of at least 4 members (excludes halogenated alkanes) is 29. The van der Waals surface area contributed by atoms with Gasteiger partial charge in [-0.1, -0.05) is 241 Å². The van der Waals surface area contributed by atoms with Crippen molar-refractivity contribution in [3.8, 4) is 0 Å². The fourth-order valence-electron chi connectivity index (χ4n) is 8.04. The molecule has 0 radical (unpaired) electrons. The van der Waals surface area contributed by atoms with Gasteiger partial charge in [0.25, 0.3) is 0 Å². The van der Waals surface area contributed by atoms with Crippen molar-refractivity contribution in [2.24, 2.45) is 0 Å². The summed E-state index contributed by atoms with van der Waals surface area (Å²) in [6.45, 7) is 6.58. The normalized spacial score (nSPS) is 12.6. The standard InChI is InChI=1S/C62H108O6/c1-4-7-10-13-16-19-22-24-26-28-30-31-33-34-36-38-40-43-46-49-52-55-61(64)67-58-59(57-66-60(63)54-51-48-45-42-21-18-15-12-9-6-3)68-62(65)56-53-50-47-44-41-39-37-35-32-29-27-25-23-20-17-14-11-8-5-2/h17,20,22,24-25,27-28,30,32-35,59H,4-16,18-19,21,23,26,29,31,36-58H2,1-3H3/b20-17-,24-22-,27-25-,30-28-,34-33-,35-32-. The summed E-state index contributed by atoms with van der Waals surface area (Å²) in [5.41, 5.74) is 0. The first-order chi connectivity index (χ1) is 33.5. The maximum atomic E-state index is 12.8. The molecule has 0 spiro atoms. The van der Waals surface area contributed by atoms with Crippen molar-refractivity contribution in [1.82, 2.24) is 0 Å². The average molecular weight is 950 g/mol. The molecule has 0 aliphatic carbocycles. The van der Waals surface area contributed by atoms with Crippen molar-refractivity contribution in [3.63, 3.8) is 0 Å². The first-order valence-electron chi connectivity index (χ1n) is 28.9. The molecule has 0 aromatic rings. The van der Waals surface area contributed by atoms with E-state index >= 15 is 0 Å². The Labute approximate surface area is 421 Å². The largest absolute Gasteiger partial charge is 0.462 e. The molecule has 0 bridgehead atoms. The highest BCUT2D eigenvalue weighted by Gasteiger charge is 2.19. The number of carbonyl (C=O) groups excluding carboxylic acids is 3. The number of carbonyl (C=O) groups is 3. The van der Waals surface area contributed by atoms with Crippen molar-refractivity contribution in [2.75, 3.05) is 13.2 Å². The van der Waals surface area contributed by atoms with Crippen LogP contribution in [0.15, 0.2) is 72.9 Å². The molecule has 0 rings (SSSR count). The predicted octanol–water partition coefficient (Wildman–Crippen LogP) is 19.4. The molecule has 0 amide bonds. The topological polar surface area (TPSA) is 78.9 Å². The Bertz CT molecular complexity index is 1270. The quantitative estimate of drug-likeness (QED) is 0.0262. The molecule has 0 saturated carbocycles. The first-order valence-corrected chi connectivity index (χ1v) is 28.9. The van der Waals surface area contributed by atoms with Crippen LogP contribution in [-0.2, 0) is 28.6 Å². The van der Waals surface area contributed by atoms with E-state index in [0.29, 0.717) is 19.3 Å². The fraction of sp³-hybridized carbons (Fsp3) is 0.758. The number of ether oxygens (including phenoxy) is 3. The third-order valence-corrected chi connectivity index (χ3v) is 12.4. The molecule has 1 unspecified atom stereocenters. The minimum absolute atomic E-state index is 0.0836. The van der Waals surface area contributed by atoms with E-state index in [1.807, 2.05) is 0 Å². The second-order valence-electron chi connectivity index (χ2n) is 19.2. The van der Waals surface area contributed by atoms with Gasteiger partial charge in [-0.15, -0.1) is 0 Å². The van der Waals surface area contributed by atoms with Crippen molar-refractivity contribution in [1.29, 1.82) is 0 Å². The number of rotatable bonds is 52. The van der Waals surface area contributed by atoms with Crippen LogP contribution in [0, 0.1) is 0 Å². The highest BCUT2D eigenvalue weighted by molar-refractivity contribution is 5.71. The summed E-state index contributed by atoms with van der Waals surface area (Å²) in [7, 11) is 0. The maximum absolute atomic E-state index is 12.8. The van der Waals surface area contributed by atoms with Crippen LogP contribution in [-0.4, -0.2) is 37.2 Å². The van der Waals surface area contributed by atoms with Gasteiger partial charge in [-0.3, -0.25) is 14.4 Å². The molecule has 0 heterocycles. The summed E-state index contributed by atoms with van der Waals surface area (Å²) in [4.78, 5) is 38.1. The van der Waals surface area contributed by atoms with Gasteiger partial charge < -0.3 is 14.2 Å². The monoisotopic (exact) mass is 949 g/mol. The molecular weight excluding hydrogens is 841 g/mol. The molecule has 0 aromatic heterocycles. The number of hydrogen-bond acceptors (Lipinski definition) is 6.